The highest BCUT2D eigenvalue weighted by Crippen LogP contribution is 2.22. The van der Waals surface area contributed by atoms with Crippen LogP contribution in [0, 0.1) is 12.8 Å². The molecule has 1 N–H and O–H groups in total. The third-order valence-electron chi connectivity index (χ3n) is 5.78. The fraction of sp³-hybridized carbons (Fsp3) is 0.667. The predicted octanol–water partition coefficient (Wildman–Crippen LogP) is -1.23. The van der Waals surface area contributed by atoms with Crippen molar-refractivity contribution in [2.75, 3.05) is 44.3 Å². The molecule has 0 saturated carbocycles. The van der Waals surface area contributed by atoms with E-state index >= 15 is 0 Å². The number of piperidine rings is 1. The van der Waals surface area contributed by atoms with Crippen LogP contribution in [0.15, 0.2) is 10.6 Å². The van der Waals surface area contributed by atoms with Gasteiger partial charge in [-0.25, -0.2) is 4.90 Å². The largest absolute Gasteiger partial charge is 0.378 e. The summed E-state index contributed by atoms with van der Waals surface area (Å²) in [6.07, 6.45) is 1.67. The van der Waals surface area contributed by atoms with Gasteiger partial charge in [0.1, 0.15) is 5.76 Å². The van der Waals surface area contributed by atoms with Crippen LogP contribution < -0.4 is 9.80 Å². The van der Waals surface area contributed by atoms with Crippen LogP contribution in [0.1, 0.15) is 25.0 Å². The van der Waals surface area contributed by atoms with E-state index in [0.717, 1.165) is 35.7 Å². The highest BCUT2D eigenvalue weighted by Gasteiger charge is 2.48. The Morgan fingerprint density at radius 3 is 2.56 bits per heavy atom. The Hall–Kier alpha value is -2.26. The summed E-state index contributed by atoms with van der Waals surface area (Å²) in [6.45, 7) is 5.69. The van der Waals surface area contributed by atoms with Crippen LogP contribution in [-0.4, -0.2) is 73.2 Å². The van der Waals surface area contributed by atoms with Gasteiger partial charge in [0, 0.05) is 37.9 Å². The molecule has 0 aliphatic carbocycles. The molecule has 0 radical (unpaired) electrons. The van der Waals surface area contributed by atoms with Gasteiger partial charge in [-0.1, -0.05) is 5.16 Å². The number of nitrogens with one attached hydrogen (secondary N) is 1. The number of hydrogen-bond acceptors (Lipinski definition) is 6. The molecule has 9 nitrogen and oxygen atoms in total. The summed E-state index contributed by atoms with van der Waals surface area (Å²) in [5, 5.41) is 3.80. The zero-order chi connectivity index (χ0) is 19.0. The Balaban J connectivity index is 1.36. The summed E-state index contributed by atoms with van der Waals surface area (Å²) >= 11 is 0. The molecule has 3 aliphatic heterocycles. The molecule has 3 amide bonds. The molecule has 9 heteroatoms. The fourth-order valence-electron chi connectivity index (χ4n) is 4.28. The normalized spacial score (nSPS) is 29.4. The lowest BCUT2D eigenvalue weighted by atomic mass is 9.94. The first kappa shape index (κ1) is 18.1. The number of carbonyl (C=O) groups excluding carboxylic acids is 3. The van der Waals surface area contributed by atoms with Crippen LogP contribution in [0.3, 0.4) is 0 Å². The zero-order valence-corrected chi connectivity index (χ0v) is 15.5. The Morgan fingerprint density at radius 2 is 1.93 bits per heavy atom. The van der Waals surface area contributed by atoms with E-state index in [-0.39, 0.29) is 35.9 Å². The van der Waals surface area contributed by atoms with Crippen molar-refractivity contribution < 1.29 is 28.5 Å². The Labute approximate surface area is 157 Å². The van der Waals surface area contributed by atoms with Gasteiger partial charge in [-0.3, -0.25) is 14.4 Å². The summed E-state index contributed by atoms with van der Waals surface area (Å²) in [7, 11) is 0. The average Bonchev–Trinajstić information content (AvgIpc) is 3.24. The lowest BCUT2D eigenvalue weighted by molar-refractivity contribution is -0.920. The third kappa shape index (κ3) is 3.49. The molecule has 0 unspecified atom stereocenters. The van der Waals surface area contributed by atoms with Crippen molar-refractivity contribution in [3.63, 3.8) is 0 Å². The number of hydrogen-bond donors (Lipinski definition) is 1. The molecule has 1 aromatic heterocycles. The van der Waals surface area contributed by atoms with E-state index in [1.807, 2.05) is 4.90 Å². The van der Waals surface area contributed by atoms with Crippen LogP contribution >= 0.6 is 0 Å². The lowest BCUT2D eigenvalue weighted by Gasteiger charge is -2.35. The number of aromatic nitrogens is 1. The monoisotopic (exact) mass is 377 g/mol. The molecule has 3 aliphatic rings. The van der Waals surface area contributed by atoms with Crippen LogP contribution in [-0.2, 0) is 19.1 Å². The van der Waals surface area contributed by atoms with Crippen molar-refractivity contribution in [3.8, 4) is 0 Å². The highest BCUT2D eigenvalue weighted by atomic mass is 16.5. The molecular weight excluding hydrogens is 352 g/mol. The Morgan fingerprint density at radius 1 is 1.22 bits per heavy atom. The van der Waals surface area contributed by atoms with E-state index in [0.29, 0.717) is 32.1 Å². The number of rotatable bonds is 3. The predicted molar refractivity (Wildman–Crippen MR) is 93.0 cm³/mol. The van der Waals surface area contributed by atoms with Crippen molar-refractivity contribution in [1.29, 1.82) is 0 Å². The van der Waals surface area contributed by atoms with Crippen molar-refractivity contribution in [2.24, 2.45) is 5.92 Å². The van der Waals surface area contributed by atoms with Crippen molar-refractivity contribution in [3.05, 3.63) is 11.8 Å². The first-order valence-electron chi connectivity index (χ1n) is 9.56. The number of anilines is 1. The maximum Gasteiger partial charge on any atom is 0.293 e. The topological polar surface area (TPSA) is 97.4 Å². The fourth-order valence-corrected chi connectivity index (χ4v) is 4.28. The van der Waals surface area contributed by atoms with E-state index in [2.05, 4.69) is 5.16 Å². The van der Waals surface area contributed by atoms with Gasteiger partial charge < -0.3 is 19.1 Å². The molecule has 3 fully saturated rings. The molecule has 4 rings (SSSR count). The van der Waals surface area contributed by atoms with E-state index in [4.69, 9.17) is 9.26 Å². The minimum absolute atomic E-state index is 0.00773. The smallest absolute Gasteiger partial charge is 0.293 e. The number of carbonyl (C=O) groups is 3. The molecule has 146 valence electrons. The molecular formula is C18H25N4O5+. The summed E-state index contributed by atoms with van der Waals surface area (Å²) in [5.74, 6) is 0.573. The van der Waals surface area contributed by atoms with Gasteiger partial charge in [-0.05, 0) is 6.92 Å². The molecule has 1 atom stereocenters. The van der Waals surface area contributed by atoms with Gasteiger partial charge in [-0.15, -0.1) is 0 Å². The number of ether oxygens (including phenoxy) is 1. The lowest BCUT2D eigenvalue weighted by Crippen LogP contribution is -3.17. The molecule has 0 aromatic carbocycles. The number of morpholine rings is 1. The Kier molecular flexibility index (Phi) is 4.96. The van der Waals surface area contributed by atoms with E-state index in [1.165, 1.54) is 0 Å². The van der Waals surface area contributed by atoms with Crippen molar-refractivity contribution in [1.82, 2.24) is 10.1 Å². The minimum Gasteiger partial charge on any atom is -0.378 e. The highest BCUT2D eigenvalue weighted by molar-refractivity contribution is 6.21. The number of nitrogens with zero attached hydrogens (tertiary/aromatic N) is 3. The molecule has 27 heavy (non-hydrogen) atoms. The number of aryl methyl sites for hydroxylation is 1. The van der Waals surface area contributed by atoms with Gasteiger partial charge in [0.2, 0.25) is 11.8 Å². The number of likely N-dealkylation sites (tertiary alicyclic amines) is 1. The van der Waals surface area contributed by atoms with E-state index in [9.17, 15) is 14.4 Å². The molecule has 1 aromatic rings. The van der Waals surface area contributed by atoms with Crippen LogP contribution in [0.2, 0.25) is 0 Å². The van der Waals surface area contributed by atoms with Crippen LogP contribution in [0.4, 0.5) is 5.82 Å². The summed E-state index contributed by atoms with van der Waals surface area (Å²) < 4.78 is 10.3. The van der Waals surface area contributed by atoms with Gasteiger partial charge in [-0.2, -0.15) is 0 Å². The van der Waals surface area contributed by atoms with Crippen LogP contribution in [0.25, 0.3) is 0 Å². The minimum atomic E-state index is -0.394. The van der Waals surface area contributed by atoms with Crippen LogP contribution in [0.5, 0.6) is 0 Å². The van der Waals surface area contributed by atoms with E-state index < -0.39 is 6.04 Å². The van der Waals surface area contributed by atoms with Crippen molar-refractivity contribution in [2.45, 2.75) is 32.2 Å². The number of quaternary nitrogens is 1. The molecule has 0 bridgehead atoms. The van der Waals surface area contributed by atoms with Gasteiger partial charge in [0.05, 0.1) is 32.7 Å². The SMILES string of the molecule is Cc1cc(N2C(=O)C[C@@H]([NH+]3CCC(C(=O)N4CCOCC4)CC3)C2=O)no1. The quantitative estimate of drug-likeness (QED) is 0.663. The van der Waals surface area contributed by atoms with E-state index in [1.54, 1.807) is 13.0 Å². The summed E-state index contributed by atoms with van der Waals surface area (Å²) in [4.78, 5) is 41.9. The zero-order valence-electron chi connectivity index (χ0n) is 15.5. The summed E-state index contributed by atoms with van der Waals surface area (Å²) in [5.41, 5.74) is 0. The second-order valence-electron chi connectivity index (χ2n) is 7.49. The number of amides is 3. The second kappa shape index (κ2) is 7.40. The standard InChI is InChI=1S/C18H24N4O5/c1-12-10-15(19-27-12)22-16(23)11-14(18(22)25)20-4-2-13(3-5-20)17(24)21-6-8-26-9-7-21/h10,13-14H,2-9,11H2,1H3/p+1/t14-/m1/s1. The maximum absolute atomic E-state index is 12.8. The molecule has 0 spiro atoms. The van der Waals surface area contributed by atoms with Gasteiger partial charge in [0.25, 0.3) is 5.91 Å². The number of imide groups is 1. The second-order valence-corrected chi connectivity index (χ2v) is 7.49. The van der Waals surface area contributed by atoms with Gasteiger partial charge >= 0.3 is 0 Å². The summed E-state index contributed by atoms with van der Waals surface area (Å²) in [6, 6.07) is 1.20. The molecule has 4 heterocycles. The Bertz CT molecular complexity index is 734. The third-order valence-corrected chi connectivity index (χ3v) is 5.78. The van der Waals surface area contributed by atoms with Crippen molar-refractivity contribution >= 4 is 23.5 Å². The van der Waals surface area contributed by atoms with Gasteiger partial charge in [0.15, 0.2) is 11.9 Å². The average molecular weight is 377 g/mol. The maximum atomic E-state index is 12.8. The first-order chi connectivity index (χ1) is 13.0. The first-order valence-corrected chi connectivity index (χ1v) is 9.56. The molecule has 3 saturated heterocycles.